The van der Waals surface area contributed by atoms with Gasteiger partial charge < -0.3 is 14.0 Å². The maximum atomic E-state index is 12.1. The minimum absolute atomic E-state index is 0.344. The zero-order valence-electron chi connectivity index (χ0n) is 14.7. The lowest BCUT2D eigenvalue weighted by molar-refractivity contribution is -0.116. The Balaban J connectivity index is 2.47. The molecule has 0 unspecified atom stereocenters. The van der Waals surface area contributed by atoms with Crippen molar-refractivity contribution in [3.8, 4) is 5.75 Å². The minimum Gasteiger partial charge on any atom is -0.497 e. The number of nitrogens with zero attached hydrogens (tertiary/aromatic N) is 2. The van der Waals surface area contributed by atoms with E-state index in [-0.39, 0.29) is 0 Å². The molecule has 0 atom stereocenters. The normalized spacial score (nSPS) is 12.5. The Morgan fingerprint density at radius 1 is 1.31 bits per heavy atom. The average Bonchev–Trinajstić information content (AvgIpc) is 2.90. The molecule has 0 bridgehead atoms. The first-order valence-electron chi connectivity index (χ1n) is 7.84. The number of ether oxygens (including phenoxy) is 2. The Kier molecular flexibility index (Phi) is 6.68. The average molecular weight is 400 g/mol. The molecule has 0 radical (unpaired) electrons. The van der Waals surface area contributed by atoms with Crippen molar-refractivity contribution in [3.63, 3.8) is 0 Å². The van der Waals surface area contributed by atoms with Gasteiger partial charge in [-0.1, -0.05) is 11.3 Å². The number of benzene rings is 1. The fourth-order valence-corrected chi connectivity index (χ4v) is 3.88. The fourth-order valence-electron chi connectivity index (χ4n) is 2.19. The summed E-state index contributed by atoms with van der Waals surface area (Å²) in [5, 5.41) is -1.05. The second kappa shape index (κ2) is 8.56. The summed E-state index contributed by atoms with van der Waals surface area (Å²) in [6.07, 6.45) is 0. The molecule has 0 spiro atoms. The fraction of sp³-hybridized carbons (Fsp3) is 0.438. The zero-order chi connectivity index (χ0) is 19.3. The predicted octanol–water partition coefficient (Wildman–Crippen LogP) is 1.14. The van der Waals surface area contributed by atoms with Crippen molar-refractivity contribution in [1.82, 2.24) is 4.57 Å². The van der Waals surface area contributed by atoms with Crippen LogP contribution in [0.3, 0.4) is 0 Å². The number of carbonyl (C=O) groups is 2. The monoisotopic (exact) mass is 400 g/mol. The van der Waals surface area contributed by atoms with Gasteiger partial charge in [0.2, 0.25) is 15.0 Å². The number of rotatable bonds is 7. The first kappa shape index (κ1) is 20.3. The van der Waals surface area contributed by atoms with Crippen molar-refractivity contribution < 1.29 is 27.5 Å². The SMILES string of the molecule is CCOCCn1c(=NC(=O)CS(=O)(=O)C(C)=O)sc2cc(OC)ccc21. The van der Waals surface area contributed by atoms with Crippen LogP contribution in [0.15, 0.2) is 23.2 Å². The van der Waals surface area contributed by atoms with E-state index in [1.807, 2.05) is 19.1 Å². The number of methoxy groups -OCH3 is 1. The number of aromatic nitrogens is 1. The maximum Gasteiger partial charge on any atom is 0.264 e. The second-order valence-electron chi connectivity index (χ2n) is 5.32. The standard InChI is InChI=1S/C16H20N2O6S2/c1-4-24-8-7-18-13-6-5-12(23-3)9-14(13)25-16(18)17-15(20)10-26(21,22)11(2)19/h5-6,9H,4,7-8,10H2,1-3H3. The molecular formula is C16H20N2O6S2. The first-order valence-corrected chi connectivity index (χ1v) is 10.3. The van der Waals surface area contributed by atoms with Crippen LogP contribution in [0.1, 0.15) is 13.8 Å². The summed E-state index contributed by atoms with van der Waals surface area (Å²) in [6.45, 7) is 4.21. The van der Waals surface area contributed by atoms with Crippen LogP contribution in [-0.4, -0.2) is 50.1 Å². The van der Waals surface area contributed by atoms with E-state index in [1.165, 1.54) is 11.3 Å². The number of amides is 1. The highest BCUT2D eigenvalue weighted by atomic mass is 32.2. The molecule has 8 nitrogen and oxygen atoms in total. The lowest BCUT2D eigenvalue weighted by atomic mass is 10.3. The van der Waals surface area contributed by atoms with Crippen molar-refractivity contribution in [2.24, 2.45) is 4.99 Å². The molecule has 0 saturated heterocycles. The summed E-state index contributed by atoms with van der Waals surface area (Å²) in [7, 11) is -2.57. The summed E-state index contributed by atoms with van der Waals surface area (Å²) < 4.78 is 36.4. The van der Waals surface area contributed by atoms with Crippen molar-refractivity contribution in [1.29, 1.82) is 0 Å². The van der Waals surface area contributed by atoms with Crippen LogP contribution in [0.25, 0.3) is 10.2 Å². The molecule has 1 amide bonds. The second-order valence-corrected chi connectivity index (χ2v) is 8.43. The Labute approximate surface area is 155 Å². The highest BCUT2D eigenvalue weighted by Gasteiger charge is 2.21. The van der Waals surface area contributed by atoms with Gasteiger partial charge in [0, 0.05) is 20.1 Å². The van der Waals surface area contributed by atoms with Gasteiger partial charge in [0.25, 0.3) is 5.91 Å². The van der Waals surface area contributed by atoms with E-state index in [4.69, 9.17) is 9.47 Å². The lowest BCUT2D eigenvalue weighted by Gasteiger charge is -2.06. The molecule has 0 saturated carbocycles. The summed E-state index contributed by atoms with van der Waals surface area (Å²) in [5.74, 6) is -1.16. The molecule has 1 aromatic heterocycles. The van der Waals surface area contributed by atoms with E-state index in [1.54, 1.807) is 17.7 Å². The Bertz CT molecular complexity index is 988. The van der Waals surface area contributed by atoms with Gasteiger partial charge >= 0.3 is 0 Å². The van der Waals surface area contributed by atoms with Crippen molar-refractivity contribution in [2.75, 3.05) is 26.1 Å². The third-order valence-electron chi connectivity index (χ3n) is 3.53. The Morgan fingerprint density at radius 3 is 2.65 bits per heavy atom. The van der Waals surface area contributed by atoms with Crippen LogP contribution in [0.2, 0.25) is 0 Å². The van der Waals surface area contributed by atoms with Gasteiger partial charge in [-0.2, -0.15) is 4.99 Å². The van der Waals surface area contributed by atoms with E-state index >= 15 is 0 Å². The summed E-state index contributed by atoms with van der Waals surface area (Å²) in [6, 6.07) is 5.44. The maximum absolute atomic E-state index is 12.1. The largest absolute Gasteiger partial charge is 0.497 e. The molecular weight excluding hydrogens is 380 g/mol. The van der Waals surface area contributed by atoms with E-state index < -0.39 is 26.6 Å². The van der Waals surface area contributed by atoms with Crippen LogP contribution in [0, 0.1) is 0 Å². The van der Waals surface area contributed by atoms with Gasteiger partial charge in [0.1, 0.15) is 11.5 Å². The first-order chi connectivity index (χ1) is 12.3. The molecule has 0 aliphatic rings. The van der Waals surface area contributed by atoms with Crippen LogP contribution in [0.4, 0.5) is 0 Å². The highest BCUT2D eigenvalue weighted by molar-refractivity contribution is 8.06. The van der Waals surface area contributed by atoms with Gasteiger partial charge in [-0.15, -0.1) is 0 Å². The number of hydrogen-bond acceptors (Lipinski definition) is 7. The third kappa shape index (κ3) is 4.77. The van der Waals surface area contributed by atoms with Gasteiger partial charge in [-0.3, -0.25) is 9.59 Å². The number of fused-ring (bicyclic) bond motifs is 1. The number of thiazole rings is 1. The van der Waals surface area contributed by atoms with Crippen LogP contribution < -0.4 is 9.54 Å². The molecule has 0 aliphatic heterocycles. The molecule has 1 aromatic carbocycles. The summed E-state index contributed by atoms with van der Waals surface area (Å²) >= 11 is 1.23. The minimum atomic E-state index is -4.12. The van der Waals surface area contributed by atoms with E-state index in [9.17, 15) is 18.0 Å². The van der Waals surface area contributed by atoms with Gasteiger partial charge in [-0.05, 0) is 25.1 Å². The van der Waals surface area contributed by atoms with Crippen LogP contribution in [-0.2, 0) is 30.7 Å². The smallest absolute Gasteiger partial charge is 0.264 e. The molecule has 0 fully saturated rings. The molecule has 10 heteroatoms. The molecule has 26 heavy (non-hydrogen) atoms. The summed E-state index contributed by atoms with van der Waals surface area (Å²) in [4.78, 5) is 27.4. The lowest BCUT2D eigenvalue weighted by Crippen LogP contribution is -2.24. The number of sulfone groups is 1. The van der Waals surface area contributed by atoms with Crippen molar-refractivity contribution >= 4 is 42.4 Å². The van der Waals surface area contributed by atoms with Gasteiger partial charge in [0.15, 0.2) is 4.80 Å². The molecule has 2 rings (SSSR count). The third-order valence-corrected chi connectivity index (χ3v) is 6.07. The van der Waals surface area contributed by atoms with E-state index in [2.05, 4.69) is 4.99 Å². The molecule has 1 heterocycles. The van der Waals surface area contributed by atoms with Gasteiger partial charge in [-0.25, -0.2) is 8.42 Å². The quantitative estimate of drug-likeness (QED) is 0.646. The molecule has 0 N–H and O–H groups in total. The topological polar surface area (TPSA) is 104 Å². The summed E-state index contributed by atoms with van der Waals surface area (Å²) in [5.41, 5.74) is 0.830. The Morgan fingerprint density at radius 2 is 2.04 bits per heavy atom. The number of hydrogen-bond donors (Lipinski definition) is 0. The van der Waals surface area contributed by atoms with Crippen molar-refractivity contribution in [2.45, 2.75) is 20.4 Å². The van der Waals surface area contributed by atoms with Crippen molar-refractivity contribution in [3.05, 3.63) is 23.0 Å². The van der Waals surface area contributed by atoms with Crippen LogP contribution >= 0.6 is 11.3 Å². The molecule has 0 aliphatic carbocycles. The molecule has 142 valence electrons. The van der Waals surface area contributed by atoms with E-state index in [0.717, 1.165) is 17.1 Å². The predicted molar refractivity (Wildman–Crippen MR) is 97.9 cm³/mol. The number of carbonyl (C=O) groups excluding carboxylic acids is 2. The van der Waals surface area contributed by atoms with E-state index in [0.29, 0.717) is 30.3 Å². The van der Waals surface area contributed by atoms with Crippen LogP contribution in [0.5, 0.6) is 5.75 Å². The Hall–Kier alpha value is -2.04. The molecule has 2 aromatic rings. The van der Waals surface area contributed by atoms with Gasteiger partial charge in [0.05, 0.1) is 23.9 Å². The zero-order valence-corrected chi connectivity index (χ0v) is 16.4. The highest BCUT2D eigenvalue weighted by Crippen LogP contribution is 2.23.